The van der Waals surface area contributed by atoms with Crippen molar-refractivity contribution in [2.75, 3.05) is 20.3 Å². The number of rotatable bonds is 6. The Hall–Kier alpha value is -3.07. The summed E-state index contributed by atoms with van der Waals surface area (Å²) in [5, 5.41) is 0. The van der Waals surface area contributed by atoms with Crippen LogP contribution in [0.3, 0.4) is 0 Å². The van der Waals surface area contributed by atoms with Crippen molar-refractivity contribution in [1.29, 1.82) is 0 Å². The molecule has 0 saturated carbocycles. The predicted molar refractivity (Wildman–Crippen MR) is 107 cm³/mol. The van der Waals surface area contributed by atoms with Crippen molar-refractivity contribution in [1.82, 2.24) is 18.7 Å². The Morgan fingerprint density at radius 3 is 2.79 bits per heavy atom. The normalized spacial score (nSPS) is 16.4. The van der Waals surface area contributed by atoms with E-state index >= 15 is 0 Å². The number of hydrogen-bond acceptors (Lipinski definition) is 6. The summed E-state index contributed by atoms with van der Waals surface area (Å²) >= 11 is 0. The topological polar surface area (TPSA) is 89.5 Å². The molecule has 1 aliphatic rings. The summed E-state index contributed by atoms with van der Waals surface area (Å²) in [7, 11) is 4.66. The van der Waals surface area contributed by atoms with E-state index in [4.69, 9.17) is 14.2 Å². The van der Waals surface area contributed by atoms with Crippen LogP contribution in [0.1, 0.15) is 18.4 Å². The van der Waals surface area contributed by atoms with E-state index < -0.39 is 11.2 Å². The first-order valence-electron chi connectivity index (χ1n) is 9.53. The van der Waals surface area contributed by atoms with Gasteiger partial charge in [0.2, 0.25) is 0 Å². The van der Waals surface area contributed by atoms with Crippen molar-refractivity contribution >= 4 is 11.2 Å². The second kappa shape index (κ2) is 7.75. The molecule has 3 aromatic rings. The summed E-state index contributed by atoms with van der Waals surface area (Å²) in [6.45, 7) is 1.42. The Kier molecular flexibility index (Phi) is 5.14. The Morgan fingerprint density at radius 1 is 1.24 bits per heavy atom. The monoisotopic (exact) mass is 400 g/mol. The minimum Gasteiger partial charge on any atom is -0.497 e. The zero-order valence-electron chi connectivity index (χ0n) is 16.8. The van der Waals surface area contributed by atoms with Crippen LogP contribution in [0.5, 0.6) is 11.8 Å². The van der Waals surface area contributed by atoms with E-state index in [-0.39, 0.29) is 12.1 Å². The van der Waals surface area contributed by atoms with Crippen molar-refractivity contribution < 1.29 is 14.2 Å². The maximum Gasteiger partial charge on any atom is 0.332 e. The number of aromatic nitrogens is 4. The number of hydrogen-bond donors (Lipinski definition) is 0. The van der Waals surface area contributed by atoms with Gasteiger partial charge in [-0.25, -0.2) is 4.79 Å². The summed E-state index contributed by atoms with van der Waals surface area (Å²) in [6, 6.07) is 7.85. The number of nitrogens with zero attached hydrogens (tertiary/aromatic N) is 4. The Bertz CT molecular complexity index is 1150. The molecule has 0 bridgehead atoms. The van der Waals surface area contributed by atoms with Gasteiger partial charge < -0.3 is 14.2 Å². The molecule has 4 rings (SSSR count). The molecule has 0 spiro atoms. The lowest BCUT2D eigenvalue weighted by Gasteiger charge is -2.13. The number of fused-ring (bicyclic) bond motifs is 1. The Morgan fingerprint density at radius 2 is 2.07 bits per heavy atom. The Balaban J connectivity index is 1.82. The van der Waals surface area contributed by atoms with Gasteiger partial charge >= 0.3 is 5.69 Å². The van der Waals surface area contributed by atoms with Crippen molar-refractivity contribution in [2.45, 2.75) is 25.5 Å². The molecule has 9 nitrogen and oxygen atoms in total. The largest absolute Gasteiger partial charge is 0.497 e. The van der Waals surface area contributed by atoms with Gasteiger partial charge in [0, 0.05) is 20.7 Å². The summed E-state index contributed by atoms with van der Waals surface area (Å²) in [6.07, 6.45) is 1.94. The van der Waals surface area contributed by atoms with Crippen molar-refractivity contribution in [3.63, 3.8) is 0 Å². The molecule has 1 aromatic carbocycles. The molecular formula is C20H24N4O5. The third-order valence-corrected chi connectivity index (χ3v) is 5.21. The molecule has 1 saturated heterocycles. The summed E-state index contributed by atoms with van der Waals surface area (Å²) in [5.74, 6) is 0.717. The van der Waals surface area contributed by atoms with Crippen molar-refractivity contribution in [3.8, 4) is 11.8 Å². The molecule has 2 aromatic heterocycles. The maximum absolute atomic E-state index is 12.9. The lowest BCUT2D eigenvalue weighted by Crippen LogP contribution is -2.37. The number of imidazole rings is 1. The highest BCUT2D eigenvalue weighted by Gasteiger charge is 2.22. The fourth-order valence-corrected chi connectivity index (χ4v) is 3.58. The highest BCUT2D eigenvalue weighted by molar-refractivity contribution is 5.72. The minimum atomic E-state index is -0.431. The van der Waals surface area contributed by atoms with E-state index in [1.165, 1.54) is 11.6 Å². The third-order valence-electron chi connectivity index (χ3n) is 5.21. The molecule has 3 heterocycles. The quantitative estimate of drug-likeness (QED) is 0.614. The zero-order chi connectivity index (χ0) is 20.5. The number of benzene rings is 1. The summed E-state index contributed by atoms with van der Waals surface area (Å²) < 4.78 is 21.0. The van der Waals surface area contributed by atoms with Gasteiger partial charge in [0.25, 0.3) is 11.6 Å². The van der Waals surface area contributed by atoms with Gasteiger partial charge in [-0.05, 0) is 30.5 Å². The molecule has 0 radical (unpaired) electrons. The summed E-state index contributed by atoms with van der Waals surface area (Å²) in [4.78, 5) is 29.7. The van der Waals surface area contributed by atoms with E-state index in [1.807, 2.05) is 24.3 Å². The molecule has 0 amide bonds. The van der Waals surface area contributed by atoms with Gasteiger partial charge in [-0.1, -0.05) is 12.1 Å². The van der Waals surface area contributed by atoms with E-state index in [0.29, 0.717) is 30.1 Å². The lowest BCUT2D eigenvalue weighted by atomic mass is 10.2. The van der Waals surface area contributed by atoms with Gasteiger partial charge in [-0.15, -0.1) is 0 Å². The van der Waals surface area contributed by atoms with E-state index in [1.54, 1.807) is 18.7 Å². The van der Waals surface area contributed by atoms with Crippen LogP contribution in [0.25, 0.3) is 11.2 Å². The van der Waals surface area contributed by atoms with Crippen LogP contribution in [0.2, 0.25) is 0 Å². The first kappa shape index (κ1) is 19.3. The fraction of sp³-hybridized carbons (Fsp3) is 0.450. The van der Waals surface area contributed by atoms with E-state index in [9.17, 15) is 9.59 Å². The number of aryl methyl sites for hydroxylation is 1. The molecule has 0 unspecified atom stereocenters. The van der Waals surface area contributed by atoms with Crippen molar-refractivity contribution in [3.05, 3.63) is 50.7 Å². The first-order chi connectivity index (χ1) is 14.0. The van der Waals surface area contributed by atoms with Crippen LogP contribution in [-0.2, 0) is 25.4 Å². The fourth-order valence-electron chi connectivity index (χ4n) is 3.58. The average Bonchev–Trinajstić information content (AvgIpc) is 3.37. The molecular weight excluding hydrogens is 376 g/mol. The molecule has 0 N–H and O–H groups in total. The smallest absolute Gasteiger partial charge is 0.332 e. The third kappa shape index (κ3) is 3.53. The van der Waals surface area contributed by atoms with Crippen LogP contribution < -0.4 is 20.7 Å². The lowest BCUT2D eigenvalue weighted by molar-refractivity contribution is 0.0634. The maximum atomic E-state index is 12.9. The molecule has 154 valence electrons. The Labute approximate surface area is 167 Å². The molecule has 9 heteroatoms. The van der Waals surface area contributed by atoms with Gasteiger partial charge in [0.15, 0.2) is 11.2 Å². The highest BCUT2D eigenvalue weighted by atomic mass is 16.5. The molecule has 1 fully saturated rings. The number of methoxy groups -OCH3 is 1. The number of ether oxygens (including phenoxy) is 3. The van der Waals surface area contributed by atoms with Gasteiger partial charge in [0.05, 0.1) is 19.8 Å². The van der Waals surface area contributed by atoms with Gasteiger partial charge in [0.1, 0.15) is 12.4 Å². The molecule has 1 atom stereocenters. The van der Waals surface area contributed by atoms with Gasteiger partial charge in [-0.3, -0.25) is 18.5 Å². The van der Waals surface area contributed by atoms with Crippen LogP contribution in [0.4, 0.5) is 0 Å². The zero-order valence-corrected chi connectivity index (χ0v) is 16.8. The van der Waals surface area contributed by atoms with Crippen molar-refractivity contribution in [2.24, 2.45) is 14.1 Å². The highest BCUT2D eigenvalue weighted by Crippen LogP contribution is 2.22. The van der Waals surface area contributed by atoms with Gasteiger partial charge in [-0.2, -0.15) is 4.98 Å². The summed E-state index contributed by atoms with van der Waals surface area (Å²) in [5.41, 5.74) is 0.689. The molecule has 0 aliphatic carbocycles. The molecule has 29 heavy (non-hydrogen) atoms. The van der Waals surface area contributed by atoms with Crippen LogP contribution in [0.15, 0.2) is 33.9 Å². The standard InChI is InChI=1S/C20H24N4O5/c1-22-17-16(18(25)23(2)20(22)26)24(11-13-6-4-7-14(10-13)27-3)19(21-17)29-12-15-8-5-9-28-15/h4,6-7,10,15H,5,8-9,11-12H2,1-3H3/t15-/m1/s1. The van der Waals surface area contributed by atoms with E-state index in [0.717, 1.165) is 29.6 Å². The SMILES string of the molecule is COc1cccc(Cn2c(OC[C@H]3CCCO3)nc3c2c(=O)n(C)c(=O)n3C)c1. The first-order valence-corrected chi connectivity index (χ1v) is 9.53. The minimum absolute atomic E-state index is 0.00624. The average molecular weight is 400 g/mol. The second-order valence-corrected chi connectivity index (χ2v) is 7.16. The van der Waals surface area contributed by atoms with E-state index in [2.05, 4.69) is 4.98 Å². The van der Waals surface area contributed by atoms with Crippen LogP contribution >= 0.6 is 0 Å². The predicted octanol–water partition coefficient (Wildman–Crippen LogP) is 1.05. The molecule has 1 aliphatic heterocycles. The van der Waals surface area contributed by atoms with Crippen LogP contribution in [0, 0.1) is 0 Å². The second-order valence-electron chi connectivity index (χ2n) is 7.16. The van der Waals surface area contributed by atoms with Crippen LogP contribution in [-0.4, -0.2) is 45.1 Å².